The first-order valence-corrected chi connectivity index (χ1v) is 4.62. The zero-order chi connectivity index (χ0) is 9.16. The lowest BCUT2D eigenvalue weighted by Gasteiger charge is -2.04. The van der Waals surface area contributed by atoms with Crippen LogP contribution in [0.3, 0.4) is 0 Å². The lowest BCUT2D eigenvalue weighted by atomic mass is 10.2. The Hall–Kier alpha value is -1.25. The second kappa shape index (κ2) is 1.97. The van der Waals surface area contributed by atoms with Crippen molar-refractivity contribution in [1.29, 1.82) is 0 Å². The van der Waals surface area contributed by atoms with E-state index in [9.17, 15) is 4.79 Å². The first kappa shape index (κ1) is 7.18. The number of aromatic nitrogens is 1. The summed E-state index contributed by atoms with van der Waals surface area (Å²) in [6, 6.07) is 2.04. The number of fused-ring (bicyclic) bond motifs is 3. The minimum Gasteiger partial charge on any atom is -0.477 e. The van der Waals surface area contributed by atoms with E-state index < -0.39 is 5.97 Å². The van der Waals surface area contributed by atoms with E-state index >= 15 is 0 Å². The molecule has 68 valence electrons. The molecule has 1 aromatic heterocycles. The zero-order valence-corrected chi connectivity index (χ0v) is 7.45. The molecule has 1 aliphatic carbocycles. The van der Waals surface area contributed by atoms with Gasteiger partial charge < -0.3 is 9.67 Å². The summed E-state index contributed by atoms with van der Waals surface area (Å²) >= 11 is 0. The van der Waals surface area contributed by atoms with Crippen molar-refractivity contribution < 1.29 is 9.90 Å². The number of hydrogen-bond acceptors (Lipinski definition) is 1. The Morgan fingerprint density at radius 2 is 2.46 bits per heavy atom. The zero-order valence-electron chi connectivity index (χ0n) is 7.45. The van der Waals surface area contributed by atoms with Crippen LogP contribution in [0, 0.1) is 12.8 Å². The molecule has 2 unspecified atom stereocenters. The molecule has 1 fully saturated rings. The molecule has 0 saturated heterocycles. The summed E-state index contributed by atoms with van der Waals surface area (Å²) in [5.41, 5.74) is 2.66. The van der Waals surface area contributed by atoms with Crippen LogP contribution in [0.1, 0.15) is 34.1 Å². The largest absolute Gasteiger partial charge is 0.477 e. The number of nitrogens with zero attached hydrogens (tertiary/aromatic N) is 1. The molecule has 2 aliphatic rings. The number of rotatable bonds is 1. The fourth-order valence-electron chi connectivity index (χ4n) is 2.54. The number of hydrogen-bond donors (Lipinski definition) is 1. The van der Waals surface area contributed by atoms with Crippen molar-refractivity contribution in [2.75, 3.05) is 0 Å². The van der Waals surface area contributed by atoms with E-state index in [-0.39, 0.29) is 0 Å². The lowest BCUT2D eigenvalue weighted by molar-refractivity contribution is 0.0684. The standard InChI is InChI=1S/C10H11NO2/c1-5-2-8-7-3-6(7)4-11(8)9(5)10(12)13/h2,6-7H,3-4H2,1H3,(H,12,13). The topological polar surface area (TPSA) is 42.2 Å². The molecule has 2 heterocycles. The average Bonchev–Trinajstić information content (AvgIpc) is 2.58. The van der Waals surface area contributed by atoms with Gasteiger partial charge in [0.1, 0.15) is 5.69 Å². The molecule has 13 heavy (non-hydrogen) atoms. The number of carbonyl (C=O) groups is 1. The third kappa shape index (κ3) is 0.767. The molecule has 0 radical (unpaired) electrons. The van der Waals surface area contributed by atoms with Crippen LogP contribution in [0.15, 0.2) is 6.07 Å². The van der Waals surface area contributed by atoms with Crippen LogP contribution < -0.4 is 0 Å². The van der Waals surface area contributed by atoms with Gasteiger partial charge in [-0.25, -0.2) is 4.79 Å². The van der Waals surface area contributed by atoms with Gasteiger partial charge in [0.15, 0.2) is 0 Å². The summed E-state index contributed by atoms with van der Waals surface area (Å²) in [5, 5.41) is 9.00. The van der Waals surface area contributed by atoms with Gasteiger partial charge in [-0.2, -0.15) is 0 Å². The van der Waals surface area contributed by atoms with E-state index in [0.29, 0.717) is 11.6 Å². The first-order chi connectivity index (χ1) is 6.18. The van der Waals surface area contributed by atoms with E-state index in [1.54, 1.807) is 0 Å². The molecular weight excluding hydrogens is 166 g/mol. The van der Waals surface area contributed by atoms with Crippen LogP contribution in [-0.2, 0) is 6.54 Å². The molecule has 1 saturated carbocycles. The molecule has 2 atom stereocenters. The number of carboxylic acid groups (broad SMARTS) is 1. The Balaban J connectivity index is 2.20. The maximum Gasteiger partial charge on any atom is 0.352 e. The predicted molar refractivity (Wildman–Crippen MR) is 47.0 cm³/mol. The molecule has 1 aliphatic heterocycles. The lowest BCUT2D eigenvalue weighted by Crippen LogP contribution is -2.09. The Morgan fingerprint density at radius 3 is 3.15 bits per heavy atom. The van der Waals surface area contributed by atoms with Gasteiger partial charge in [-0.15, -0.1) is 0 Å². The minimum atomic E-state index is -0.787. The molecule has 3 nitrogen and oxygen atoms in total. The van der Waals surface area contributed by atoms with Crippen molar-refractivity contribution in [3.8, 4) is 0 Å². The van der Waals surface area contributed by atoms with Crippen LogP contribution in [-0.4, -0.2) is 15.6 Å². The number of aryl methyl sites for hydroxylation is 1. The Kier molecular flexibility index (Phi) is 1.09. The summed E-state index contributed by atoms with van der Waals surface area (Å²) in [7, 11) is 0. The van der Waals surface area contributed by atoms with E-state index in [4.69, 9.17) is 5.11 Å². The van der Waals surface area contributed by atoms with Crippen molar-refractivity contribution >= 4 is 5.97 Å². The molecule has 1 aromatic rings. The third-order valence-corrected chi connectivity index (χ3v) is 3.24. The molecule has 0 bridgehead atoms. The first-order valence-electron chi connectivity index (χ1n) is 4.62. The third-order valence-electron chi connectivity index (χ3n) is 3.24. The van der Waals surface area contributed by atoms with E-state index in [2.05, 4.69) is 0 Å². The fourth-order valence-corrected chi connectivity index (χ4v) is 2.54. The SMILES string of the molecule is Cc1cc2n(c1C(=O)O)CC1CC21. The molecule has 0 amide bonds. The fraction of sp³-hybridized carbons (Fsp3) is 0.500. The highest BCUT2D eigenvalue weighted by atomic mass is 16.4. The predicted octanol–water partition coefficient (Wildman–Crippen LogP) is 1.61. The summed E-state index contributed by atoms with van der Waals surface area (Å²) in [5.74, 6) is 0.630. The molecular formula is C10H11NO2. The van der Waals surface area contributed by atoms with E-state index in [0.717, 1.165) is 18.0 Å². The maximum absolute atomic E-state index is 10.9. The molecule has 3 heteroatoms. The van der Waals surface area contributed by atoms with Gasteiger partial charge in [-0.1, -0.05) is 0 Å². The van der Waals surface area contributed by atoms with Crippen LogP contribution in [0.25, 0.3) is 0 Å². The second-order valence-corrected chi connectivity index (χ2v) is 4.12. The summed E-state index contributed by atoms with van der Waals surface area (Å²) < 4.78 is 1.98. The molecule has 3 rings (SSSR count). The van der Waals surface area contributed by atoms with Crippen molar-refractivity contribution in [2.24, 2.45) is 5.92 Å². The van der Waals surface area contributed by atoms with E-state index in [1.165, 1.54) is 12.1 Å². The van der Waals surface area contributed by atoms with Crippen LogP contribution in [0.4, 0.5) is 0 Å². The van der Waals surface area contributed by atoms with Gasteiger partial charge in [0.25, 0.3) is 0 Å². The highest BCUT2D eigenvalue weighted by Gasteiger charge is 2.47. The van der Waals surface area contributed by atoms with Crippen molar-refractivity contribution in [3.05, 3.63) is 23.0 Å². The Morgan fingerprint density at radius 1 is 1.69 bits per heavy atom. The van der Waals surface area contributed by atoms with Crippen molar-refractivity contribution in [1.82, 2.24) is 4.57 Å². The van der Waals surface area contributed by atoms with Crippen LogP contribution in [0.2, 0.25) is 0 Å². The van der Waals surface area contributed by atoms with Gasteiger partial charge in [-0.3, -0.25) is 0 Å². The van der Waals surface area contributed by atoms with Gasteiger partial charge in [0.2, 0.25) is 0 Å². The van der Waals surface area contributed by atoms with E-state index in [1.807, 2.05) is 17.6 Å². The van der Waals surface area contributed by atoms with Crippen molar-refractivity contribution in [2.45, 2.75) is 25.8 Å². The molecule has 1 N–H and O–H groups in total. The Bertz CT molecular complexity index is 405. The van der Waals surface area contributed by atoms with Gasteiger partial charge in [0, 0.05) is 18.2 Å². The normalized spacial score (nSPS) is 28.4. The smallest absolute Gasteiger partial charge is 0.352 e. The number of aromatic carboxylic acids is 1. The van der Waals surface area contributed by atoms with Gasteiger partial charge in [-0.05, 0) is 30.9 Å². The highest BCUT2D eigenvalue weighted by Crippen LogP contribution is 2.54. The van der Waals surface area contributed by atoms with Gasteiger partial charge in [0.05, 0.1) is 0 Å². The van der Waals surface area contributed by atoms with Crippen molar-refractivity contribution in [3.63, 3.8) is 0 Å². The highest BCUT2D eigenvalue weighted by molar-refractivity contribution is 5.88. The number of carboxylic acids is 1. The second-order valence-electron chi connectivity index (χ2n) is 4.12. The monoisotopic (exact) mass is 177 g/mol. The summed E-state index contributed by atoms with van der Waals surface area (Å²) in [4.78, 5) is 10.9. The van der Waals surface area contributed by atoms with Gasteiger partial charge >= 0.3 is 5.97 Å². The molecule has 0 aromatic carbocycles. The quantitative estimate of drug-likeness (QED) is 0.708. The van der Waals surface area contributed by atoms with Crippen LogP contribution >= 0.6 is 0 Å². The summed E-state index contributed by atoms with van der Waals surface area (Å²) in [6.45, 7) is 2.81. The van der Waals surface area contributed by atoms with Crippen LogP contribution in [0.5, 0.6) is 0 Å². The Labute approximate surface area is 76.0 Å². The average molecular weight is 177 g/mol. The summed E-state index contributed by atoms with van der Waals surface area (Å²) in [6.07, 6.45) is 1.27. The molecule has 0 spiro atoms. The minimum absolute atomic E-state index is 0.502. The maximum atomic E-state index is 10.9.